The van der Waals surface area contributed by atoms with Gasteiger partial charge in [0.25, 0.3) is 0 Å². The van der Waals surface area contributed by atoms with Crippen LogP contribution in [0, 0.1) is 6.92 Å². The predicted octanol–water partition coefficient (Wildman–Crippen LogP) is 4.57. The fourth-order valence-electron chi connectivity index (χ4n) is 2.01. The molecule has 1 N–H and O–H groups in total. The summed E-state index contributed by atoms with van der Waals surface area (Å²) in [5, 5.41) is 3.36. The lowest BCUT2D eigenvalue weighted by Crippen LogP contribution is -2.21. The van der Waals surface area contributed by atoms with Crippen LogP contribution in [0.2, 0.25) is 0 Å². The first-order valence-corrected chi connectivity index (χ1v) is 7.98. The number of aryl methyl sites for hydroxylation is 1. The maximum absolute atomic E-state index is 5.83. The van der Waals surface area contributed by atoms with Gasteiger partial charge < -0.3 is 14.5 Å². The van der Waals surface area contributed by atoms with Gasteiger partial charge in [0, 0.05) is 10.5 Å². The Balaban J connectivity index is 1.86. The molecule has 0 spiro atoms. The van der Waals surface area contributed by atoms with Gasteiger partial charge in [-0.1, -0.05) is 48.0 Å². The van der Waals surface area contributed by atoms with Gasteiger partial charge in [-0.2, -0.15) is 0 Å². The smallest absolute Gasteiger partial charge is 0.130 e. The maximum Gasteiger partial charge on any atom is 0.130 e. The fourth-order valence-corrected chi connectivity index (χ4v) is 2.41. The van der Waals surface area contributed by atoms with Crippen LogP contribution in [0.5, 0.6) is 0 Å². The van der Waals surface area contributed by atoms with Crippen molar-refractivity contribution < 1.29 is 9.15 Å². The third-order valence-electron chi connectivity index (χ3n) is 3.20. The van der Waals surface area contributed by atoms with Gasteiger partial charge in [0.1, 0.15) is 18.1 Å². The van der Waals surface area contributed by atoms with E-state index in [-0.39, 0.29) is 0 Å². The zero-order valence-electron chi connectivity index (χ0n) is 12.8. The van der Waals surface area contributed by atoms with E-state index in [9.17, 15) is 0 Å². The second-order valence-corrected chi connectivity index (χ2v) is 6.29. The molecule has 3 nitrogen and oxygen atoms in total. The quantitative estimate of drug-likeness (QED) is 0.793. The molecular formula is C17H22BrNO2. The molecule has 114 valence electrons. The summed E-state index contributed by atoms with van der Waals surface area (Å²) in [6.07, 6.45) is 0. The molecule has 0 fully saturated rings. The molecule has 1 aromatic carbocycles. The van der Waals surface area contributed by atoms with Gasteiger partial charge in [0.05, 0.1) is 13.2 Å². The highest BCUT2D eigenvalue weighted by Crippen LogP contribution is 2.19. The van der Waals surface area contributed by atoms with E-state index in [0.29, 0.717) is 19.3 Å². The zero-order chi connectivity index (χ0) is 15.2. The molecule has 2 aromatic rings. The van der Waals surface area contributed by atoms with Crippen LogP contribution < -0.4 is 5.32 Å². The van der Waals surface area contributed by atoms with E-state index < -0.39 is 0 Å². The molecule has 0 aliphatic heterocycles. The number of ether oxygens (including phenoxy) is 1. The second-order valence-electron chi connectivity index (χ2n) is 5.44. The molecule has 0 saturated carbocycles. The van der Waals surface area contributed by atoms with Crippen LogP contribution in [0.1, 0.15) is 36.5 Å². The lowest BCUT2D eigenvalue weighted by Gasteiger charge is -2.06. The SMILES string of the molecule is Cc1cc(COCc2ccccc2Br)oc1CNC(C)C. The topological polar surface area (TPSA) is 34.4 Å². The molecule has 4 heteroatoms. The summed E-state index contributed by atoms with van der Waals surface area (Å²) in [4.78, 5) is 0. The highest BCUT2D eigenvalue weighted by atomic mass is 79.9. The minimum atomic E-state index is 0.449. The van der Waals surface area contributed by atoms with E-state index in [1.54, 1.807) is 0 Å². The highest BCUT2D eigenvalue weighted by molar-refractivity contribution is 9.10. The van der Waals surface area contributed by atoms with Crippen molar-refractivity contribution in [2.24, 2.45) is 0 Å². The molecule has 21 heavy (non-hydrogen) atoms. The molecule has 0 unspecified atom stereocenters. The Morgan fingerprint density at radius 1 is 1.24 bits per heavy atom. The fraction of sp³-hybridized carbons (Fsp3) is 0.412. The number of nitrogens with one attached hydrogen (secondary N) is 1. The lowest BCUT2D eigenvalue weighted by atomic mass is 10.2. The Morgan fingerprint density at radius 2 is 2.00 bits per heavy atom. The molecule has 1 heterocycles. The third-order valence-corrected chi connectivity index (χ3v) is 3.98. The van der Waals surface area contributed by atoms with Crippen LogP contribution in [0.15, 0.2) is 39.2 Å². The summed E-state index contributed by atoms with van der Waals surface area (Å²) in [6, 6.07) is 10.6. The molecule has 0 amide bonds. The maximum atomic E-state index is 5.83. The van der Waals surface area contributed by atoms with Crippen LogP contribution in [-0.2, 0) is 24.5 Å². The van der Waals surface area contributed by atoms with Crippen LogP contribution in [0.3, 0.4) is 0 Å². The molecule has 0 bridgehead atoms. The molecule has 0 saturated heterocycles. The molecule has 0 aliphatic rings. The standard InChI is InChI=1S/C17H22BrNO2/c1-12(2)19-9-17-13(3)8-15(21-17)11-20-10-14-6-4-5-7-16(14)18/h4-8,12,19H,9-11H2,1-3H3. The second kappa shape index (κ2) is 7.78. The summed E-state index contributed by atoms with van der Waals surface area (Å²) >= 11 is 3.52. The van der Waals surface area contributed by atoms with E-state index in [2.05, 4.69) is 54.2 Å². The van der Waals surface area contributed by atoms with Gasteiger partial charge in [0.15, 0.2) is 0 Å². The Hall–Kier alpha value is -1.10. The molecule has 0 atom stereocenters. The van der Waals surface area contributed by atoms with Crippen LogP contribution in [0.25, 0.3) is 0 Å². The van der Waals surface area contributed by atoms with E-state index in [0.717, 1.165) is 28.1 Å². The van der Waals surface area contributed by atoms with Crippen molar-refractivity contribution >= 4 is 15.9 Å². The van der Waals surface area contributed by atoms with Crippen molar-refractivity contribution in [2.45, 2.75) is 46.6 Å². The number of hydrogen-bond donors (Lipinski definition) is 1. The van der Waals surface area contributed by atoms with Crippen molar-refractivity contribution in [3.8, 4) is 0 Å². The van der Waals surface area contributed by atoms with E-state index in [4.69, 9.17) is 9.15 Å². The van der Waals surface area contributed by atoms with Gasteiger partial charge in [-0.05, 0) is 30.2 Å². The minimum Gasteiger partial charge on any atom is -0.462 e. The summed E-state index contributed by atoms with van der Waals surface area (Å²) < 4.78 is 12.6. The van der Waals surface area contributed by atoms with Crippen molar-refractivity contribution in [1.82, 2.24) is 5.32 Å². The first kappa shape index (κ1) is 16.3. The van der Waals surface area contributed by atoms with Gasteiger partial charge in [-0.3, -0.25) is 0 Å². The van der Waals surface area contributed by atoms with E-state index in [1.807, 2.05) is 18.2 Å². The first-order chi connectivity index (χ1) is 10.1. The Kier molecular flexibility index (Phi) is 6.03. The van der Waals surface area contributed by atoms with Gasteiger partial charge in [0.2, 0.25) is 0 Å². The number of halogens is 1. The molecular weight excluding hydrogens is 330 g/mol. The van der Waals surface area contributed by atoms with Crippen molar-refractivity contribution in [3.63, 3.8) is 0 Å². The number of hydrogen-bond acceptors (Lipinski definition) is 3. The van der Waals surface area contributed by atoms with Crippen molar-refractivity contribution in [1.29, 1.82) is 0 Å². The average molecular weight is 352 g/mol. The summed E-state index contributed by atoms with van der Waals surface area (Å²) in [6.45, 7) is 8.14. The summed E-state index contributed by atoms with van der Waals surface area (Å²) in [5.74, 6) is 1.86. The average Bonchev–Trinajstić information content (AvgIpc) is 2.79. The van der Waals surface area contributed by atoms with Crippen LogP contribution in [0.4, 0.5) is 0 Å². The van der Waals surface area contributed by atoms with Crippen molar-refractivity contribution in [2.75, 3.05) is 0 Å². The normalized spacial score (nSPS) is 11.3. The van der Waals surface area contributed by atoms with E-state index in [1.165, 1.54) is 5.56 Å². The first-order valence-electron chi connectivity index (χ1n) is 7.19. The zero-order valence-corrected chi connectivity index (χ0v) is 14.4. The molecule has 0 radical (unpaired) electrons. The number of benzene rings is 1. The lowest BCUT2D eigenvalue weighted by molar-refractivity contribution is 0.0916. The Morgan fingerprint density at radius 3 is 2.71 bits per heavy atom. The Bertz CT molecular complexity index is 578. The highest BCUT2D eigenvalue weighted by Gasteiger charge is 2.08. The largest absolute Gasteiger partial charge is 0.462 e. The summed E-state index contributed by atoms with van der Waals surface area (Å²) in [7, 11) is 0. The molecule has 0 aliphatic carbocycles. The van der Waals surface area contributed by atoms with Crippen LogP contribution in [-0.4, -0.2) is 6.04 Å². The van der Waals surface area contributed by atoms with Crippen LogP contribution >= 0.6 is 15.9 Å². The van der Waals surface area contributed by atoms with E-state index >= 15 is 0 Å². The number of rotatable bonds is 7. The predicted molar refractivity (Wildman–Crippen MR) is 88.1 cm³/mol. The van der Waals surface area contributed by atoms with Gasteiger partial charge >= 0.3 is 0 Å². The number of furan rings is 1. The summed E-state index contributed by atoms with van der Waals surface area (Å²) in [5.41, 5.74) is 2.31. The Labute approximate surface area is 134 Å². The monoisotopic (exact) mass is 351 g/mol. The molecule has 1 aromatic heterocycles. The van der Waals surface area contributed by atoms with Gasteiger partial charge in [-0.25, -0.2) is 0 Å². The van der Waals surface area contributed by atoms with Gasteiger partial charge in [-0.15, -0.1) is 0 Å². The molecule has 2 rings (SSSR count). The third kappa shape index (κ3) is 4.99. The van der Waals surface area contributed by atoms with Crippen molar-refractivity contribution in [3.05, 3.63) is 57.5 Å². The minimum absolute atomic E-state index is 0.449.